The normalized spacial score (nSPS) is 50.5. The van der Waals surface area contributed by atoms with Crippen LogP contribution in [0.25, 0.3) is 0 Å². The van der Waals surface area contributed by atoms with Crippen molar-refractivity contribution < 1.29 is 34.3 Å². The number of ether oxygens (including phenoxy) is 2. The minimum absolute atomic E-state index is 0.0213. The van der Waals surface area contributed by atoms with Crippen molar-refractivity contribution in [1.82, 2.24) is 0 Å². The minimum Gasteiger partial charge on any atom is -0.431 e. The monoisotopic (exact) mass is 530 g/mol. The van der Waals surface area contributed by atoms with Gasteiger partial charge in [0.25, 0.3) is 0 Å². The Hall–Kier alpha value is -1.55. The molecule has 1 aliphatic heterocycles. The smallest absolute Gasteiger partial charge is 0.335 e. The first-order chi connectivity index (χ1) is 18.0. The summed E-state index contributed by atoms with van der Waals surface area (Å²) in [5.41, 5.74) is 0.991. The molecule has 4 fully saturated rings. The third kappa shape index (κ3) is 3.82. The van der Waals surface area contributed by atoms with E-state index in [0.29, 0.717) is 5.92 Å². The Morgan fingerprint density at radius 3 is 2.47 bits per heavy atom. The fraction of sp³-hybridized carbons (Fsp3) is 0.767. The maximum atomic E-state index is 12.4. The molecule has 0 bridgehead atoms. The zero-order chi connectivity index (χ0) is 27.0. The van der Waals surface area contributed by atoms with Crippen LogP contribution in [0.5, 0.6) is 0 Å². The van der Waals surface area contributed by atoms with E-state index >= 15 is 0 Å². The highest BCUT2D eigenvalue weighted by Gasteiger charge is 2.66. The van der Waals surface area contributed by atoms with Crippen molar-refractivity contribution in [3.63, 3.8) is 0 Å². The van der Waals surface area contributed by atoms with Gasteiger partial charge in [-0.05, 0) is 93.1 Å². The number of aliphatic hydroxyl groups is 4. The van der Waals surface area contributed by atoms with Crippen LogP contribution in [-0.2, 0) is 9.47 Å². The molecule has 0 amide bonds. The summed E-state index contributed by atoms with van der Waals surface area (Å²) in [6.45, 7) is 6.26. The Morgan fingerprint density at radius 2 is 1.74 bits per heavy atom. The van der Waals surface area contributed by atoms with Gasteiger partial charge < -0.3 is 34.3 Å². The molecule has 0 aromatic carbocycles. The van der Waals surface area contributed by atoms with E-state index < -0.39 is 36.3 Å². The third-order valence-electron chi connectivity index (χ3n) is 11.5. The van der Waals surface area contributed by atoms with Gasteiger partial charge in [-0.25, -0.2) is 4.79 Å². The average molecular weight is 531 g/mol. The summed E-state index contributed by atoms with van der Waals surface area (Å²) in [6.07, 6.45) is 5.32. The molecule has 8 nitrogen and oxygen atoms in total. The second kappa shape index (κ2) is 9.25. The van der Waals surface area contributed by atoms with Crippen LogP contribution in [0.2, 0.25) is 0 Å². The summed E-state index contributed by atoms with van der Waals surface area (Å²) in [7, 11) is 0. The van der Waals surface area contributed by atoms with Gasteiger partial charge in [-0.1, -0.05) is 25.5 Å². The number of hydrogen-bond acceptors (Lipinski definition) is 8. The first kappa shape index (κ1) is 26.7. The van der Waals surface area contributed by atoms with Crippen molar-refractivity contribution in [3.05, 3.63) is 46.0 Å². The molecule has 5 aliphatic rings. The zero-order valence-corrected chi connectivity index (χ0v) is 22.6. The van der Waals surface area contributed by atoms with Gasteiger partial charge in [-0.15, -0.1) is 0 Å². The fourth-order valence-corrected chi connectivity index (χ4v) is 9.17. The molecule has 0 spiro atoms. The van der Waals surface area contributed by atoms with Gasteiger partial charge in [0.1, 0.15) is 18.3 Å². The first-order valence-electron chi connectivity index (χ1n) is 14.4. The molecule has 3 saturated carbocycles. The quantitative estimate of drug-likeness (QED) is 0.439. The van der Waals surface area contributed by atoms with Crippen LogP contribution in [0.4, 0.5) is 0 Å². The predicted octanol–water partition coefficient (Wildman–Crippen LogP) is 3.01. The largest absolute Gasteiger partial charge is 0.431 e. The van der Waals surface area contributed by atoms with E-state index in [1.807, 2.05) is 6.07 Å². The molecule has 8 heteroatoms. The van der Waals surface area contributed by atoms with Crippen LogP contribution in [0.3, 0.4) is 0 Å². The summed E-state index contributed by atoms with van der Waals surface area (Å²) in [4.78, 5) is 11.5. The van der Waals surface area contributed by atoms with E-state index in [4.69, 9.17) is 13.9 Å². The minimum atomic E-state index is -1.31. The molecule has 4 N–H and O–H groups in total. The van der Waals surface area contributed by atoms with Gasteiger partial charge in [0, 0.05) is 11.5 Å². The van der Waals surface area contributed by atoms with Crippen LogP contribution < -0.4 is 5.63 Å². The Balaban J connectivity index is 1.21. The standard InChI is InChI=1S/C30H42O8/c1-16-24(32)25(33)26(34)27(37-16)38-19-8-11-28(2)18(14-19)5-6-22-21(28)9-12-29(3)20(10-13-30(22,29)35)17-4-7-23(31)36-15-17/h4,7,14-16,19-22,24-27,32-35H,5-6,8-13H2,1-3H3/t16-,19+,20-,21+,22-,24+,25-,26-,27+,28+,29-,30+/m1/s1. The first-order valence-corrected chi connectivity index (χ1v) is 14.4. The highest BCUT2D eigenvalue weighted by atomic mass is 16.7. The summed E-state index contributed by atoms with van der Waals surface area (Å²) in [6, 6.07) is 3.36. The second-order valence-corrected chi connectivity index (χ2v) is 13.1. The molecule has 6 rings (SSSR count). The number of hydrogen-bond donors (Lipinski definition) is 4. The molecule has 1 aromatic rings. The van der Waals surface area contributed by atoms with Crippen LogP contribution in [-0.4, -0.2) is 62.8 Å². The van der Waals surface area contributed by atoms with Gasteiger partial charge in [-0.3, -0.25) is 0 Å². The molecule has 1 saturated heterocycles. The summed E-state index contributed by atoms with van der Waals surface area (Å²) in [5, 5.41) is 43.0. The van der Waals surface area contributed by atoms with Crippen molar-refractivity contribution in [2.24, 2.45) is 22.7 Å². The molecule has 2 heterocycles. The average Bonchev–Trinajstić information content (AvgIpc) is 3.18. The zero-order valence-electron chi connectivity index (χ0n) is 22.6. The second-order valence-electron chi connectivity index (χ2n) is 13.1. The van der Waals surface area contributed by atoms with Gasteiger partial charge in [-0.2, -0.15) is 0 Å². The lowest BCUT2D eigenvalue weighted by molar-refractivity contribution is -0.301. The molecule has 38 heavy (non-hydrogen) atoms. The van der Waals surface area contributed by atoms with Crippen molar-refractivity contribution >= 4 is 0 Å². The van der Waals surface area contributed by atoms with Crippen molar-refractivity contribution in [2.75, 3.05) is 0 Å². The Kier molecular flexibility index (Phi) is 6.49. The molecule has 210 valence electrons. The van der Waals surface area contributed by atoms with Crippen molar-refractivity contribution in [1.29, 1.82) is 0 Å². The molecule has 1 aromatic heterocycles. The molecular formula is C30H42O8. The van der Waals surface area contributed by atoms with Gasteiger partial charge in [0.2, 0.25) is 0 Å². The lowest BCUT2D eigenvalue weighted by Crippen LogP contribution is -2.60. The van der Waals surface area contributed by atoms with Crippen molar-refractivity contribution in [2.45, 2.75) is 120 Å². The Bertz CT molecular complexity index is 1130. The maximum absolute atomic E-state index is 12.4. The van der Waals surface area contributed by atoms with Crippen LogP contribution in [0, 0.1) is 22.7 Å². The van der Waals surface area contributed by atoms with E-state index in [2.05, 4.69) is 19.9 Å². The number of fused-ring (bicyclic) bond motifs is 5. The van der Waals surface area contributed by atoms with Gasteiger partial charge >= 0.3 is 5.63 Å². The summed E-state index contributed by atoms with van der Waals surface area (Å²) >= 11 is 0. The lowest BCUT2D eigenvalue weighted by atomic mass is 9.45. The highest BCUT2D eigenvalue weighted by Crippen LogP contribution is 2.70. The fourth-order valence-electron chi connectivity index (χ4n) is 9.17. The predicted molar refractivity (Wildman–Crippen MR) is 138 cm³/mol. The molecule has 4 aliphatic carbocycles. The van der Waals surface area contributed by atoms with E-state index in [1.54, 1.807) is 13.2 Å². The summed E-state index contributed by atoms with van der Waals surface area (Å²) in [5.74, 6) is 0.759. The molecule has 12 atom stereocenters. The number of allylic oxidation sites excluding steroid dienone is 1. The maximum Gasteiger partial charge on any atom is 0.335 e. The van der Waals surface area contributed by atoms with Crippen LogP contribution in [0.1, 0.15) is 83.6 Å². The van der Waals surface area contributed by atoms with E-state index in [9.17, 15) is 25.2 Å². The van der Waals surface area contributed by atoms with Gasteiger partial charge in [0.05, 0.1) is 24.1 Å². The van der Waals surface area contributed by atoms with Crippen molar-refractivity contribution in [3.8, 4) is 0 Å². The number of aliphatic hydroxyl groups excluding tert-OH is 3. The van der Waals surface area contributed by atoms with Gasteiger partial charge in [0.15, 0.2) is 6.29 Å². The summed E-state index contributed by atoms with van der Waals surface area (Å²) < 4.78 is 17.0. The van der Waals surface area contributed by atoms with E-state index in [0.717, 1.165) is 56.9 Å². The van der Waals surface area contributed by atoms with E-state index in [-0.39, 0.29) is 34.4 Å². The molecular weight excluding hydrogens is 488 g/mol. The third-order valence-corrected chi connectivity index (χ3v) is 11.5. The topological polar surface area (TPSA) is 130 Å². The van der Waals surface area contributed by atoms with E-state index in [1.165, 1.54) is 11.6 Å². The number of rotatable bonds is 3. The van der Waals surface area contributed by atoms with Crippen LogP contribution >= 0.6 is 0 Å². The Labute approximate surface area is 223 Å². The molecule has 0 unspecified atom stereocenters. The highest BCUT2D eigenvalue weighted by molar-refractivity contribution is 5.31. The lowest BCUT2D eigenvalue weighted by Gasteiger charge is -2.62. The Morgan fingerprint density at radius 1 is 0.947 bits per heavy atom. The SMILES string of the molecule is C[C@H]1O[C@@H](O[C@@H]2C=C3CC[C@@H]4[C@H](CC[C@]5(C)[C@@H](c6ccc(=O)oc6)CC[C@]45O)[C@@]3(C)CC2)[C@H](O)[C@H](O)[C@H]1O. The van der Waals surface area contributed by atoms with Crippen LogP contribution in [0.15, 0.2) is 39.3 Å². The molecule has 0 radical (unpaired) electrons.